The van der Waals surface area contributed by atoms with Gasteiger partial charge in [-0.25, -0.2) is 0 Å². The van der Waals surface area contributed by atoms with Gasteiger partial charge in [-0.3, -0.25) is 14.5 Å². The third-order valence-corrected chi connectivity index (χ3v) is 3.28. The molecule has 0 aliphatic rings. The van der Waals surface area contributed by atoms with Crippen LogP contribution in [0, 0.1) is 13.8 Å². The third kappa shape index (κ3) is 3.48. The van der Waals surface area contributed by atoms with E-state index in [0.29, 0.717) is 11.3 Å². The number of hydrogen-bond donors (Lipinski definition) is 1. The van der Waals surface area contributed by atoms with Crippen LogP contribution in [-0.4, -0.2) is 18.4 Å². The van der Waals surface area contributed by atoms with Crippen molar-refractivity contribution >= 4 is 17.5 Å². The molecular weight excluding hydrogens is 264 g/mol. The largest absolute Gasteiger partial charge is 0.368 e. The first kappa shape index (κ1) is 14.8. The number of primary amides is 1. The lowest BCUT2D eigenvalue weighted by atomic mass is 10.1. The molecule has 2 rings (SSSR count). The van der Waals surface area contributed by atoms with Crippen LogP contribution in [0.25, 0.3) is 0 Å². The van der Waals surface area contributed by atoms with Crippen molar-refractivity contribution < 1.29 is 9.59 Å². The van der Waals surface area contributed by atoms with Crippen LogP contribution >= 0.6 is 0 Å². The van der Waals surface area contributed by atoms with Gasteiger partial charge >= 0.3 is 0 Å². The number of carbonyl (C=O) groups is 2. The molecule has 0 fully saturated rings. The zero-order valence-corrected chi connectivity index (χ0v) is 12.2. The van der Waals surface area contributed by atoms with Gasteiger partial charge in [0.15, 0.2) is 0 Å². The van der Waals surface area contributed by atoms with Crippen LogP contribution in [-0.2, 0) is 4.79 Å². The van der Waals surface area contributed by atoms with Crippen molar-refractivity contribution in [2.24, 2.45) is 5.73 Å². The number of carbonyl (C=O) groups excluding carboxylic acids is 2. The molecule has 0 spiro atoms. The molecule has 4 nitrogen and oxygen atoms in total. The first-order valence-corrected chi connectivity index (χ1v) is 6.71. The standard InChI is InChI=1S/C17H18N2O2/c1-12-7-9-14(10-8-12)19(11-16(18)20)17(21)15-6-4-3-5-13(15)2/h3-10H,11H2,1-2H3,(H2,18,20). The van der Waals surface area contributed by atoms with E-state index in [2.05, 4.69) is 0 Å². The lowest BCUT2D eigenvalue weighted by Crippen LogP contribution is -2.38. The van der Waals surface area contributed by atoms with Crippen molar-refractivity contribution in [2.75, 3.05) is 11.4 Å². The molecule has 0 saturated heterocycles. The molecule has 108 valence electrons. The van der Waals surface area contributed by atoms with Crippen molar-refractivity contribution in [1.29, 1.82) is 0 Å². The molecule has 0 unspecified atom stereocenters. The molecule has 0 atom stereocenters. The van der Waals surface area contributed by atoms with Crippen molar-refractivity contribution in [2.45, 2.75) is 13.8 Å². The molecule has 2 aromatic carbocycles. The summed E-state index contributed by atoms with van der Waals surface area (Å²) in [6.45, 7) is 3.69. The van der Waals surface area contributed by atoms with Gasteiger partial charge in [-0.15, -0.1) is 0 Å². The van der Waals surface area contributed by atoms with Gasteiger partial charge in [0.2, 0.25) is 5.91 Å². The highest BCUT2D eigenvalue weighted by atomic mass is 16.2. The molecule has 21 heavy (non-hydrogen) atoms. The van der Waals surface area contributed by atoms with Crippen LogP contribution < -0.4 is 10.6 Å². The van der Waals surface area contributed by atoms with E-state index in [1.165, 1.54) is 4.90 Å². The number of nitrogens with two attached hydrogens (primary N) is 1. The summed E-state index contributed by atoms with van der Waals surface area (Å²) in [5.41, 5.74) is 8.46. The van der Waals surface area contributed by atoms with Crippen LogP contribution in [0.2, 0.25) is 0 Å². The highest BCUT2D eigenvalue weighted by Crippen LogP contribution is 2.19. The summed E-state index contributed by atoms with van der Waals surface area (Å²) in [5.74, 6) is -0.770. The number of anilines is 1. The second-order valence-corrected chi connectivity index (χ2v) is 5.01. The van der Waals surface area contributed by atoms with Gasteiger partial charge in [-0.1, -0.05) is 35.9 Å². The zero-order valence-electron chi connectivity index (χ0n) is 12.2. The van der Waals surface area contributed by atoms with Crippen LogP contribution in [0.1, 0.15) is 21.5 Å². The molecule has 2 amide bonds. The lowest BCUT2D eigenvalue weighted by Gasteiger charge is -2.22. The predicted octanol–water partition coefficient (Wildman–Crippen LogP) is 2.44. The van der Waals surface area contributed by atoms with Crippen LogP contribution in [0.4, 0.5) is 5.69 Å². The Labute approximate surface area is 124 Å². The smallest absolute Gasteiger partial charge is 0.259 e. The fourth-order valence-corrected chi connectivity index (χ4v) is 2.12. The fourth-order valence-electron chi connectivity index (χ4n) is 2.12. The summed E-state index contributed by atoms with van der Waals surface area (Å²) in [7, 11) is 0. The van der Waals surface area contributed by atoms with Crippen LogP contribution in [0.5, 0.6) is 0 Å². The first-order chi connectivity index (χ1) is 9.99. The molecule has 2 N–H and O–H groups in total. The topological polar surface area (TPSA) is 63.4 Å². The van der Waals surface area contributed by atoms with Gasteiger partial charge in [-0.2, -0.15) is 0 Å². The van der Waals surface area contributed by atoms with Gasteiger partial charge in [0.25, 0.3) is 5.91 Å². The number of rotatable bonds is 4. The minimum atomic E-state index is -0.544. The second kappa shape index (κ2) is 6.22. The number of aryl methyl sites for hydroxylation is 2. The summed E-state index contributed by atoms with van der Waals surface area (Å²) in [5, 5.41) is 0. The summed E-state index contributed by atoms with van der Waals surface area (Å²) >= 11 is 0. The van der Waals surface area contributed by atoms with E-state index in [4.69, 9.17) is 5.73 Å². The number of benzene rings is 2. The number of amides is 2. The highest BCUT2D eigenvalue weighted by molar-refractivity contribution is 6.09. The Morgan fingerprint density at radius 3 is 2.19 bits per heavy atom. The van der Waals surface area contributed by atoms with E-state index in [1.807, 2.05) is 50.2 Å². The average Bonchev–Trinajstić information content (AvgIpc) is 2.45. The lowest BCUT2D eigenvalue weighted by molar-refractivity contribution is -0.116. The minimum absolute atomic E-state index is 0.143. The molecule has 0 aromatic heterocycles. The maximum absolute atomic E-state index is 12.7. The molecule has 0 saturated carbocycles. The van der Waals surface area contributed by atoms with Crippen LogP contribution in [0.3, 0.4) is 0 Å². The van der Waals surface area contributed by atoms with Gasteiger partial charge in [0.05, 0.1) is 0 Å². The summed E-state index contributed by atoms with van der Waals surface area (Å²) in [6, 6.07) is 14.7. The molecule has 0 aliphatic carbocycles. The summed E-state index contributed by atoms with van der Waals surface area (Å²) in [4.78, 5) is 25.4. The Bertz CT molecular complexity index is 663. The summed E-state index contributed by atoms with van der Waals surface area (Å²) in [6.07, 6.45) is 0. The van der Waals surface area contributed by atoms with Gasteiger partial charge in [-0.05, 0) is 37.6 Å². The van der Waals surface area contributed by atoms with Gasteiger partial charge in [0, 0.05) is 11.3 Å². The SMILES string of the molecule is Cc1ccc(N(CC(N)=O)C(=O)c2ccccc2C)cc1. The van der Waals surface area contributed by atoms with Crippen LogP contribution in [0.15, 0.2) is 48.5 Å². The quantitative estimate of drug-likeness (QED) is 0.936. The Balaban J connectivity index is 2.40. The maximum atomic E-state index is 12.7. The Morgan fingerprint density at radius 1 is 1.00 bits per heavy atom. The van der Waals surface area contributed by atoms with E-state index in [-0.39, 0.29) is 12.5 Å². The molecular formula is C17H18N2O2. The molecule has 0 aliphatic heterocycles. The zero-order chi connectivity index (χ0) is 15.4. The molecule has 2 aromatic rings. The van der Waals surface area contributed by atoms with Crippen molar-refractivity contribution in [3.8, 4) is 0 Å². The van der Waals surface area contributed by atoms with Gasteiger partial charge in [0.1, 0.15) is 6.54 Å². The van der Waals surface area contributed by atoms with E-state index in [9.17, 15) is 9.59 Å². The Hall–Kier alpha value is -2.62. The summed E-state index contributed by atoms with van der Waals surface area (Å²) < 4.78 is 0. The van der Waals surface area contributed by atoms with Gasteiger partial charge < -0.3 is 5.73 Å². The Morgan fingerprint density at radius 2 is 1.62 bits per heavy atom. The van der Waals surface area contributed by atoms with E-state index >= 15 is 0 Å². The number of nitrogens with zero attached hydrogens (tertiary/aromatic N) is 1. The molecule has 0 radical (unpaired) electrons. The second-order valence-electron chi connectivity index (χ2n) is 5.01. The van der Waals surface area contributed by atoms with Crippen molar-refractivity contribution in [3.05, 3.63) is 65.2 Å². The highest BCUT2D eigenvalue weighted by Gasteiger charge is 2.20. The van der Waals surface area contributed by atoms with E-state index < -0.39 is 5.91 Å². The monoisotopic (exact) mass is 282 g/mol. The van der Waals surface area contributed by atoms with Crippen molar-refractivity contribution in [3.63, 3.8) is 0 Å². The predicted molar refractivity (Wildman–Crippen MR) is 83.2 cm³/mol. The molecule has 4 heteroatoms. The van der Waals surface area contributed by atoms with E-state index in [0.717, 1.165) is 11.1 Å². The average molecular weight is 282 g/mol. The van der Waals surface area contributed by atoms with E-state index in [1.54, 1.807) is 12.1 Å². The normalized spacial score (nSPS) is 10.2. The fraction of sp³-hybridized carbons (Fsp3) is 0.176. The molecule has 0 heterocycles. The Kier molecular flexibility index (Phi) is 4.38. The first-order valence-electron chi connectivity index (χ1n) is 6.71. The molecule has 0 bridgehead atoms. The van der Waals surface area contributed by atoms with Crippen molar-refractivity contribution in [1.82, 2.24) is 0 Å². The maximum Gasteiger partial charge on any atom is 0.259 e. The minimum Gasteiger partial charge on any atom is -0.368 e. The third-order valence-electron chi connectivity index (χ3n) is 3.28. The number of hydrogen-bond acceptors (Lipinski definition) is 2.